The van der Waals surface area contributed by atoms with E-state index in [0.717, 1.165) is 5.84 Å². The fourth-order valence-corrected chi connectivity index (χ4v) is 2.74. The molecule has 0 aromatic rings. The second-order valence-corrected chi connectivity index (χ2v) is 5.31. The molecule has 0 aromatic heterocycles. The Morgan fingerprint density at radius 1 is 1.00 bits per heavy atom. The molecule has 0 saturated heterocycles. The Hall–Kier alpha value is -0.530. The van der Waals surface area contributed by atoms with E-state index in [-0.39, 0.29) is 0 Å². The maximum atomic E-state index is 8.33. The van der Waals surface area contributed by atoms with Crippen LogP contribution < -0.4 is 0 Å². The van der Waals surface area contributed by atoms with Crippen molar-refractivity contribution in [3.05, 3.63) is 0 Å². The highest BCUT2D eigenvalue weighted by atomic mass is 15.2. The lowest BCUT2D eigenvalue weighted by molar-refractivity contribution is 0.262. The molecule has 0 spiro atoms. The maximum Gasteiger partial charge on any atom is 0.0994 e. The molecule has 0 aromatic carbocycles. The molecule has 0 aliphatic heterocycles. The van der Waals surface area contributed by atoms with Gasteiger partial charge < -0.3 is 4.90 Å². The Morgan fingerprint density at radius 3 is 1.87 bits per heavy atom. The number of nitrogens with one attached hydrogen (secondary N) is 1. The molecule has 2 nitrogen and oxygen atoms in total. The predicted octanol–water partition coefficient (Wildman–Crippen LogP) is 3.66. The molecule has 1 rings (SSSR count). The van der Waals surface area contributed by atoms with Crippen molar-refractivity contribution in [2.24, 2.45) is 5.92 Å². The lowest BCUT2D eigenvalue weighted by Gasteiger charge is -2.37. The van der Waals surface area contributed by atoms with Gasteiger partial charge in [0.25, 0.3) is 0 Å². The zero-order valence-electron chi connectivity index (χ0n) is 10.7. The third-order valence-electron chi connectivity index (χ3n) is 3.38. The summed E-state index contributed by atoms with van der Waals surface area (Å²) in [5.74, 6) is 1.42. The smallest absolute Gasteiger partial charge is 0.0994 e. The van der Waals surface area contributed by atoms with E-state index in [2.05, 4.69) is 32.6 Å². The molecule has 15 heavy (non-hydrogen) atoms. The summed E-state index contributed by atoms with van der Waals surface area (Å²) in [6.45, 7) is 8.77. The summed E-state index contributed by atoms with van der Waals surface area (Å²) in [6.07, 6.45) is 6.46. The monoisotopic (exact) mass is 210 g/mol. The highest BCUT2D eigenvalue weighted by molar-refractivity contribution is 5.82. The van der Waals surface area contributed by atoms with Crippen LogP contribution in [0.1, 0.15) is 59.8 Å². The quantitative estimate of drug-likeness (QED) is 0.558. The third kappa shape index (κ3) is 3.22. The normalized spacial score (nSPS) is 18.5. The lowest BCUT2D eigenvalue weighted by Crippen LogP contribution is -2.45. The first kappa shape index (κ1) is 12.5. The van der Waals surface area contributed by atoms with Crippen molar-refractivity contribution < 1.29 is 0 Å². The Kier molecular flexibility index (Phi) is 4.62. The van der Waals surface area contributed by atoms with Crippen LogP contribution in [0.2, 0.25) is 0 Å². The Morgan fingerprint density at radius 2 is 1.47 bits per heavy atom. The van der Waals surface area contributed by atoms with Crippen LogP contribution in [0.15, 0.2) is 0 Å². The van der Waals surface area contributed by atoms with Crippen molar-refractivity contribution in [3.63, 3.8) is 0 Å². The fourth-order valence-electron chi connectivity index (χ4n) is 2.74. The van der Waals surface area contributed by atoms with Gasteiger partial charge in [0.15, 0.2) is 0 Å². The third-order valence-corrected chi connectivity index (χ3v) is 3.38. The van der Waals surface area contributed by atoms with E-state index in [0.29, 0.717) is 18.0 Å². The summed E-state index contributed by atoms with van der Waals surface area (Å²) >= 11 is 0. The van der Waals surface area contributed by atoms with Crippen molar-refractivity contribution in [1.82, 2.24) is 4.90 Å². The van der Waals surface area contributed by atoms with Crippen molar-refractivity contribution >= 4 is 5.84 Å². The average molecular weight is 210 g/mol. The van der Waals surface area contributed by atoms with E-state index in [4.69, 9.17) is 5.41 Å². The van der Waals surface area contributed by atoms with Gasteiger partial charge in [0, 0.05) is 18.0 Å². The van der Waals surface area contributed by atoms with Crippen molar-refractivity contribution in [3.8, 4) is 0 Å². The van der Waals surface area contributed by atoms with E-state index in [1.54, 1.807) is 0 Å². The Labute approximate surface area is 94.6 Å². The summed E-state index contributed by atoms with van der Waals surface area (Å²) in [7, 11) is 0. The molecular weight excluding hydrogens is 184 g/mol. The molecule has 0 bridgehead atoms. The van der Waals surface area contributed by atoms with Crippen LogP contribution in [-0.4, -0.2) is 22.8 Å². The Bertz CT molecular complexity index is 195. The summed E-state index contributed by atoms with van der Waals surface area (Å²) in [6, 6.07) is 0.916. The van der Waals surface area contributed by atoms with Crippen LogP contribution in [0, 0.1) is 11.3 Å². The second kappa shape index (κ2) is 5.53. The molecule has 0 heterocycles. The van der Waals surface area contributed by atoms with Crippen LogP contribution in [0.4, 0.5) is 0 Å². The van der Waals surface area contributed by atoms with Gasteiger partial charge in [0.1, 0.15) is 0 Å². The van der Waals surface area contributed by atoms with Crippen LogP contribution in [0.5, 0.6) is 0 Å². The lowest BCUT2D eigenvalue weighted by atomic mass is 9.87. The number of nitrogens with zero attached hydrogens (tertiary/aromatic N) is 1. The van der Waals surface area contributed by atoms with Crippen LogP contribution in [-0.2, 0) is 0 Å². The van der Waals surface area contributed by atoms with Crippen LogP contribution in [0.3, 0.4) is 0 Å². The van der Waals surface area contributed by atoms with Gasteiger partial charge in [-0.05, 0) is 40.5 Å². The molecule has 1 aliphatic rings. The summed E-state index contributed by atoms with van der Waals surface area (Å²) in [4.78, 5) is 2.27. The Balaban J connectivity index is 2.62. The summed E-state index contributed by atoms with van der Waals surface area (Å²) in [5.41, 5.74) is 0. The van der Waals surface area contributed by atoms with E-state index in [9.17, 15) is 0 Å². The van der Waals surface area contributed by atoms with Crippen LogP contribution >= 0.6 is 0 Å². The average Bonchev–Trinajstić information content (AvgIpc) is 2.18. The van der Waals surface area contributed by atoms with Gasteiger partial charge in [-0.2, -0.15) is 0 Å². The predicted molar refractivity (Wildman–Crippen MR) is 66.4 cm³/mol. The molecule has 1 aliphatic carbocycles. The zero-order chi connectivity index (χ0) is 11.4. The van der Waals surface area contributed by atoms with Gasteiger partial charge in [-0.3, -0.25) is 5.41 Å². The second-order valence-electron chi connectivity index (χ2n) is 5.31. The van der Waals surface area contributed by atoms with Gasteiger partial charge >= 0.3 is 0 Å². The standard InChI is InChI=1S/C13H26N2/c1-10(2)15(11(3)4)13(14)12-8-6-5-7-9-12/h10-12,14H,5-9H2,1-4H3. The number of hydrogen-bond donors (Lipinski definition) is 1. The van der Waals surface area contributed by atoms with E-state index >= 15 is 0 Å². The molecule has 0 amide bonds. The van der Waals surface area contributed by atoms with Crippen molar-refractivity contribution in [1.29, 1.82) is 5.41 Å². The summed E-state index contributed by atoms with van der Waals surface area (Å²) in [5, 5.41) is 8.33. The summed E-state index contributed by atoms with van der Waals surface area (Å²) < 4.78 is 0. The molecule has 0 unspecified atom stereocenters. The molecule has 0 radical (unpaired) electrons. The molecular formula is C13H26N2. The molecule has 1 fully saturated rings. The highest BCUT2D eigenvalue weighted by Gasteiger charge is 2.25. The first-order valence-corrected chi connectivity index (χ1v) is 6.40. The highest BCUT2D eigenvalue weighted by Crippen LogP contribution is 2.27. The zero-order valence-corrected chi connectivity index (χ0v) is 10.7. The maximum absolute atomic E-state index is 8.33. The van der Waals surface area contributed by atoms with Gasteiger partial charge in [-0.15, -0.1) is 0 Å². The topological polar surface area (TPSA) is 27.1 Å². The minimum absolute atomic E-state index is 0.458. The van der Waals surface area contributed by atoms with Crippen molar-refractivity contribution in [2.45, 2.75) is 71.9 Å². The molecule has 0 atom stereocenters. The molecule has 2 heteroatoms. The van der Waals surface area contributed by atoms with Gasteiger partial charge in [0.2, 0.25) is 0 Å². The van der Waals surface area contributed by atoms with E-state index < -0.39 is 0 Å². The van der Waals surface area contributed by atoms with E-state index in [1.165, 1.54) is 32.1 Å². The number of amidine groups is 1. The fraction of sp³-hybridized carbons (Fsp3) is 0.923. The first-order chi connectivity index (χ1) is 7.04. The van der Waals surface area contributed by atoms with Gasteiger partial charge in [-0.1, -0.05) is 19.3 Å². The minimum atomic E-state index is 0.458. The van der Waals surface area contributed by atoms with Gasteiger partial charge in [0.05, 0.1) is 5.84 Å². The largest absolute Gasteiger partial charge is 0.355 e. The number of hydrogen-bond acceptors (Lipinski definition) is 1. The van der Waals surface area contributed by atoms with Gasteiger partial charge in [-0.25, -0.2) is 0 Å². The van der Waals surface area contributed by atoms with E-state index in [1.807, 2.05) is 0 Å². The first-order valence-electron chi connectivity index (χ1n) is 6.40. The number of rotatable bonds is 3. The molecule has 1 N–H and O–H groups in total. The minimum Gasteiger partial charge on any atom is -0.355 e. The SMILES string of the molecule is CC(C)N(C(=N)C1CCCCC1)C(C)C. The van der Waals surface area contributed by atoms with Crippen LogP contribution in [0.25, 0.3) is 0 Å². The molecule has 1 saturated carbocycles. The van der Waals surface area contributed by atoms with Crippen molar-refractivity contribution in [2.75, 3.05) is 0 Å². The molecule has 88 valence electrons.